The number of rotatable bonds is 5. The van der Waals surface area contributed by atoms with Crippen molar-refractivity contribution in [3.63, 3.8) is 0 Å². The van der Waals surface area contributed by atoms with Gasteiger partial charge in [0, 0.05) is 26.1 Å². The quantitative estimate of drug-likeness (QED) is 0.685. The van der Waals surface area contributed by atoms with Gasteiger partial charge in [0.25, 0.3) is 0 Å². The Morgan fingerprint density at radius 3 is 2.10 bits per heavy atom. The largest absolute Gasteiger partial charge is 0.339 e. The van der Waals surface area contributed by atoms with Gasteiger partial charge in [-0.15, -0.1) is 0 Å². The van der Waals surface area contributed by atoms with Gasteiger partial charge in [0.2, 0.25) is 15.9 Å². The van der Waals surface area contributed by atoms with Crippen LogP contribution in [0.1, 0.15) is 48.1 Å². The first-order valence-corrected chi connectivity index (χ1v) is 12.1. The fourth-order valence-electron chi connectivity index (χ4n) is 4.49. The summed E-state index contributed by atoms with van der Waals surface area (Å²) in [5.74, 6) is -0.534. The maximum atomic E-state index is 13.3. The number of amides is 1. The van der Waals surface area contributed by atoms with Crippen molar-refractivity contribution in [1.29, 1.82) is 0 Å². The molecule has 1 unspecified atom stereocenters. The zero-order valence-electron chi connectivity index (χ0n) is 18.9. The zero-order valence-corrected chi connectivity index (χ0v) is 19.7. The SMILES string of the molecule is Cc1cc(C)c(S(=O)(=O)N2CCC(C(=O)N(C)C(C)c3ccc(F)cc3)CC2)c(C)c1. The number of nitrogens with zero attached hydrogens (tertiary/aromatic N) is 2. The molecule has 7 heteroatoms. The van der Waals surface area contributed by atoms with E-state index in [0.717, 1.165) is 22.3 Å². The van der Waals surface area contributed by atoms with Crippen LogP contribution in [-0.2, 0) is 14.8 Å². The van der Waals surface area contributed by atoms with Crippen LogP contribution in [0, 0.1) is 32.5 Å². The van der Waals surface area contributed by atoms with Gasteiger partial charge in [-0.1, -0.05) is 29.8 Å². The first kappa shape index (κ1) is 23.4. The molecule has 0 radical (unpaired) electrons. The summed E-state index contributed by atoms with van der Waals surface area (Å²) in [6.07, 6.45) is 0.977. The number of halogens is 1. The molecule has 0 spiro atoms. The molecule has 0 aromatic heterocycles. The van der Waals surface area contributed by atoms with Crippen LogP contribution in [0.2, 0.25) is 0 Å². The van der Waals surface area contributed by atoms with Crippen LogP contribution in [0.25, 0.3) is 0 Å². The predicted octanol–water partition coefficient (Wildman–Crippen LogP) is 4.37. The topological polar surface area (TPSA) is 57.7 Å². The van der Waals surface area contributed by atoms with Gasteiger partial charge < -0.3 is 4.90 Å². The lowest BCUT2D eigenvalue weighted by Crippen LogP contribution is -2.44. The standard InChI is InChI=1S/C24H31FN2O3S/c1-16-14-17(2)23(18(3)15-16)31(29,30)27-12-10-21(11-13-27)24(28)26(5)19(4)20-6-8-22(25)9-7-20/h6-9,14-15,19,21H,10-13H2,1-5H3. The van der Waals surface area contributed by atoms with Gasteiger partial charge in [0.1, 0.15) is 5.82 Å². The summed E-state index contributed by atoms with van der Waals surface area (Å²) in [5, 5.41) is 0. The van der Waals surface area contributed by atoms with Crippen molar-refractivity contribution in [2.24, 2.45) is 5.92 Å². The Balaban J connectivity index is 1.68. The highest BCUT2D eigenvalue weighted by atomic mass is 32.2. The fraction of sp³-hybridized carbons (Fsp3) is 0.458. The molecule has 1 heterocycles. The number of piperidine rings is 1. The van der Waals surface area contributed by atoms with E-state index in [9.17, 15) is 17.6 Å². The van der Waals surface area contributed by atoms with Crippen molar-refractivity contribution < 1.29 is 17.6 Å². The van der Waals surface area contributed by atoms with E-state index in [1.54, 1.807) is 24.1 Å². The molecular formula is C24H31FN2O3S. The van der Waals surface area contributed by atoms with E-state index in [4.69, 9.17) is 0 Å². The Morgan fingerprint density at radius 2 is 1.58 bits per heavy atom. The van der Waals surface area contributed by atoms with Crippen LogP contribution in [-0.4, -0.2) is 43.7 Å². The lowest BCUT2D eigenvalue weighted by Gasteiger charge is -2.35. The van der Waals surface area contributed by atoms with Gasteiger partial charge in [-0.25, -0.2) is 12.8 Å². The number of benzene rings is 2. The molecule has 0 saturated carbocycles. The number of hydrogen-bond acceptors (Lipinski definition) is 3. The zero-order chi connectivity index (χ0) is 22.9. The Bertz CT molecular complexity index is 1040. The van der Waals surface area contributed by atoms with Crippen molar-refractivity contribution >= 4 is 15.9 Å². The average molecular weight is 447 g/mol. The van der Waals surface area contributed by atoms with Gasteiger partial charge in [0.05, 0.1) is 10.9 Å². The predicted molar refractivity (Wildman–Crippen MR) is 120 cm³/mol. The van der Waals surface area contributed by atoms with Gasteiger partial charge in [-0.05, 0) is 69.4 Å². The summed E-state index contributed by atoms with van der Waals surface area (Å²) in [4.78, 5) is 15.1. The van der Waals surface area contributed by atoms with Crippen LogP contribution in [0.5, 0.6) is 0 Å². The van der Waals surface area contributed by atoms with Gasteiger partial charge in [-0.2, -0.15) is 4.31 Å². The number of hydrogen-bond donors (Lipinski definition) is 0. The minimum atomic E-state index is -3.60. The lowest BCUT2D eigenvalue weighted by molar-refractivity contribution is -0.137. The van der Waals surface area contributed by atoms with Crippen LogP contribution in [0.4, 0.5) is 4.39 Å². The Hall–Kier alpha value is -2.25. The summed E-state index contributed by atoms with van der Waals surface area (Å²) < 4.78 is 41.2. The number of carbonyl (C=O) groups excluding carboxylic acids is 1. The van der Waals surface area contributed by atoms with E-state index < -0.39 is 10.0 Å². The number of carbonyl (C=O) groups is 1. The van der Waals surface area contributed by atoms with Crippen molar-refractivity contribution in [2.45, 2.75) is 51.5 Å². The van der Waals surface area contributed by atoms with Gasteiger partial charge in [0.15, 0.2) is 0 Å². The molecule has 1 atom stereocenters. The highest BCUT2D eigenvalue weighted by Crippen LogP contribution is 2.30. The van der Waals surface area contributed by atoms with Crippen molar-refractivity contribution in [2.75, 3.05) is 20.1 Å². The smallest absolute Gasteiger partial charge is 0.243 e. The highest BCUT2D eigenvalue weighted by Gasteiger charge is 2.35. The molecule has 2 aromatic carbocycles. The fourth-order valence-corrected chi connectivity index (χ4v) is 6.37. The van der Waals surface area contributed by atoms with Crippen molar-refractivity contribution in [3.8, 4) is 0 Å². The maximum absolute atomic E-state index is 13.3. The second-order valence-electron chi connectivity index (χ2n) is 8.58. The highest BCUT2D eigenvalue weighted by molar-refractivity contribution is 7.89. The molecule has 3 rings (SSSR count). The Labute approximate surface area is 184 Å². The number of aryl methyl sites for hydroxylation is 3. The van der Waals surface area contributed by atoms with E-state index in [-0.39, 0.29) is 23.7 Å². The second-order valence-corrected chi connectivity index (χ2v) is 10.5. The maximum Gasteiger partial charge on any atom is 0.243 e. The second kappa shape index (κ2) is 9.09. The number of sulfonamides is 1. The molecule has 0 aliphatic carbocycles. The molecule has 1 aliphatic heterocycles. The third-order valence-electron chi connectivity index (χ3n) is 6.29. The van der Waals surface area contributed by atoms with Crippen LogP contribution < -0.4 is 0 Å². The molecule has 1 aliphatic rings. The van der Waals surface area contributed by atoms with E-state index in [1.807, 2.05) is 39.8 Å². The summed E-state index contributed by atoms with van der Waals surface area (Å²) in [7, 11) is -1.85. The molecule has 0 N–H and O–H groups in total. The van der Waals surface area contributed by atoms with Crippen molar-refractivity contribution in [3.05, 3.63) is 64.5 Å². The molecule has 1 saturated heterocycles. The van der Waals surface area contributed by atoms with Crippen molar-refractivity contribution in [1.82, 2.24) is 9.21 Å². The normalized spacial score (nSPS) is 16.8. The van der Waals surface area contributed by atoms with Crippen LogP contribution in [0.15, 0.2) is 41.3 Å². The third kappa shape index (κ3) is 4.83. The van der Waals surface area contributed by atoms with Gasteiger partial charge in [-0.3, -0.25) is 4.79 Å². The van der Waals surface area contributed by atoms with E-state index in [1.165, 1.54) is 16.4 Å². The van der Waals surface area contributed by atoms with E-state index >= 15 is 0 Å². The third-order valence-corrected chi connectivity index (χ3v) is 8.49. The van der Waals surface area contributed by atoms with Crippen LogP contribution >= 0.6 is 0 Å². The summed E-state index contributed by atoms with van der Waals surface area (Å²) in [5.41, 5.74) is 3.41. The lowest BCUT2D eigenvalue weighted by atomic mass is 9.95. The molecule has 1 fully saturated rings. The summed E-state index contributed by atoms with van der Waals surface area (Å²) in [6.45, 7) is 8.17. The van der Waals surface area contributed by atoms with Gasteiger partial charge >= 0.3 is 0 Å². The molecule has 168 valence electrons. The summed E-state index contributed by atoms with van der Waals surface area (Å²) in [6, 6.07) is 9.75. The summed E-state index contributed by atoms with van der Waals surface area (Å²) >= 11 is 0. The minimum absolute atomic E-state index is 0.00318. The Kier molecular flexibility index (Phi) is 6.86. The molecule has 31 heavy (non-hydrogen) atoms. The first-order valence-electron chi connectivity index (χ1n) is 10.6. The first-order chi connectivity index (χ1) is 14.5. The minimum Gasteiger partial charge on any atom is -0.339 e. The molecule has 1 amide bonds. The van der Waals surface area contributed by atoms with Crippen LogP contribution in [0.3, 0.4) is 0 Å². The monoisotopic (exact) mass is 446 g/mol. The molecular weight excluding hydrogens is 415 g/mol. The molecule has 2 aromatic rings. The van der Waals surface area contributed by atoms with E-state index in [2.05, 4.69) is 0 Å². The molecule has 0 bridgehead atoms. The average Bonchev–Trinajstić information content (AvgIpc) is 2.72. The Morgan fingerprint density at radius 1 is 1.06 bits per heavy atom. The molecule has 5 nitrogen and oxygen atoms in total. The van der Waals surface area contributed by atoms with E-state index in [0.29, 0.717) is 30.8 Å².